The molecule has 6 nitrogen and oxygen atoms in total. The van der Waals surface area contributed by atoms with Crippen molar-refractivity contribution >= 4 is 12.0 Å². The Morgan fingerprint density at radius 3 is 2.72 bits per heavy atom. The molecule has 0 aromatic rings. The summed E-state index contributed by atoms with van der Waals surface area (Å²) in [7, 11) is 1.65. The van der Waals surface area contributed by atoms with Crippen molar-refractivity contribution in [2.45, 2.75) is 37.8 Å². The molecule has 6 heteroatoms. The van der Waals surface area contributed by atoms with Crippen molar-refractivity contribution in [3.8, 4) is 0 Å². The molecule has 2 atom stereocenters. The lowest BCUT2D eigenvalue weighted by atomic mass is 10.1. The lowest BCUT2D eigenvalue weighted by Gasteiger charge is -2.28. The molecular weight excluding hydrogens is 236 g/mol. The van der Waals surface area contributed by atoms with Gasteiger partial charge in [-0.15, -0.1) is 0 Å². The van der Waals surface area contributed by atoms with Crippen LogP contribution in [0.15, 0.2) is 0 Å². The summed E-state index contributed by atoms with van der Waals surface area (Å²) in [5.41, 5.74) is 0. The summed E-state index contributed by atoms with van der Waals surface area (Å²) in [6.07, 6.45) is 2.71. The van der Waals surface area contributed by atoms with Gasteiger partial charge in [0.15, 0.2) is 0 Å². The zero-order valence-corrected chi connectivity index (χ0v) is 10.7. The van der Waals surface area contributed by atoms with Gasteiger partial charge in [0.2, 0.25) is 0 Å². The number of ether oxygens (including phenoxy) is 1. The Hall–Kier alpha value is -1.30. The summed E-state index contributed by atoms with van der Waals surface area (Å²) in [4.78, 5) is 26.6. The summed E-state index contributed by atoms with van der Waals surface area (Å²) in [6.45, 7) is 1.99. The minimum atomic E-state index is -0.837. The number of methoxy groups -OCH3 is 1. The summed E-state index contributed by atoms with van der Waals surface area (Å²) in [5, 5.41) is 8.85. The van der Waals surface area contributed by atoms with Gasteiger partial charge in [-0.25, -0.2) is 4.79 Å². The van der Waals surface area contributed by atoms with Crippen LogP contribution >= 0.6 is 0 Å². The molecular formula is C12H20N2O4. The Morgan fingerprint density at radius 1 is 1.33 bits per heavy atom. The molecule has 102 valence electrons. The highest BCUT2D eigenvalue weighted by Crippen LogP contribution is 2.23. The molecule has 2 aliphatic heterocycles. The molecule has 2 aliphatic rings. The van der Waals surface area contributed by atoms with E-state index in [2.05, 4.69) is 0 Å². The van der Waals surface area contributed by atoms with Gasteiger partial charge < -0.3 is 19.6 Å². The summed E-state index contributed by atoms with van der Waals surface area (Å²) in [5.74, 6) is -0.837. The number of urea groups is 1. The first-order valence-electron chi connectivity index (χ1n) is 6.42. The Bertz CT molecular complexity index is 334. The van der Waals surface area contributed by atoms with Crippen molar-refractivity contribution in [3.63, 3.8) is 0 Å². The van der Waals surface area contributed by atoms with Crippen LogP contribution in [0.4, 0.5) is 4.79 Å². The average Bonchev–Trinajstić information content (AvgIpc) is 2.95. The molecule has 0 aliphatic carbocycles. The zero-order chi connectivity index (χ0) is 13.1. The fraction of sp³-hybridized carbons (Fsp3) is 0.833. The number of amides is 2. The van der Waals surface area contributed by atoms with Crippen molar-refractivity contribution in [2.24, 2.45) is 0 Å². The molecule has 2 heterocycles. The van der Waals surface area contributed by atoms with Gasteiger partial charge >= 0.3 is 12.0 Å². The van der Waals surface area contributed by atoms with Gasteiger partial charge in [-0.3, -0.25) is 4.79 Å². The van der Waals surface area contributed by atoms with Crippen LogP contribution in [0.5, 0.6) is 0 Å². The van der Waals surface area contributed by atoms with Gasteiger partial charge in [-0.2, -0.15) is 0 Å². The molecule has 2 unspecified atom stereocenters. The van der Waals surface area contributed by atoms with Gasteiger partial charge in [0.25, 0.3) is 0 Å². The monoisotopic (exact) mass is 256 g/mol. The van der Waals surface area contributed by atoms with E-state index < -0.39 is 5.97 Å². The molecule has 2 saturated heterocycles. The molecule has 18 heavy (non-hydrogen) atoms. The smallest absolute Gasteiger partial charge is 0.320 e. The van der Waals surface area contributed by atoms with Gasteiger partial charge in [0, 0.05) is 32.8 Å². The number of nitrogens with zero attached hydrogens (tertiary/aromatic N) is 2. The van der Waals surface area contributed by atoms with Gasteiger partial charge in [0.05, 0.1) is 12.5 Å². The minimum absolute atomic E-state index is 0.0294. The molecule has 0 saturated carbocycles. The largest absolute Gasteiger partial charge is 0.481 e. The van der Waals surface area contributed by atoms with E-state index in [1.165, 1.54) is 0 Å². The lowest BCUT2D eigenvalue weighted by Crippen LogP contribution is -2.45. The van der Waals surface area contributed by atoms with Crippen molar-refractivity contribution in [1.82, 2.24) is 9.80 Å². The maximum Gasteiger partial charge on any atom is 0.320 e. The molecule has 1 N–H and O–H groups in total. The molecule has 0 bridgehead atoms. The lowest BCUT2D eigenvalue weighted by molar-refractivity contribution is -0.138. The number of rotatable bonds is 3. The van der Waals surface area contributed by atoms with E-state index in [1.54, 1.807) is 16.9 Å². The fourth-order valence-corrected chi connectivity index (χ4v) is 2.78. The number of likely N-dealkylation sites (tertiary alicyclic amines) is 2. The van der Waals surface area contributed by atoms with Crippen LogP contribution in [0.1, 0.15) is 25.7 Å². The standard InChI is InChI=1S/C12H20N2O4/c1-18-10-4-6-13(8-10)12(17)14-5-2-3-9(14)7-11(15)16/h9-10H,2-8H2,1H3,(H,15,16). The molecule has 0 spiro atoms. The summed E-state index contributed by atoms with van der Waals surface area (Å²) in [6, 6.07) is -0.171. The van der Waals surface area contributed by atoms with Crippen molar-refractivity contribution < 1.29 is 19.4 Å². The van der Waals surface area contributed by atoms with Crippen LogP contribution in [0.3, 0.4) is 0 Å². The predicted octanol–water partition coefficient (Wildman–Crippen LogP) is 0.766. The number of carbonyl (C=O) groups excluding carboxylic acids is 1. The van der Waals surface area contributed by atoms with E-state index in [0.29, 0.717) is 19.6 Å². The Balaban J connectivity index is 1.93. The number of carbonyl (C=O) groups is 2. The number of aliphatic carboxylic acids is 1. The van der Waals surface area contributed by atoms with E-state index in [0.717, 1.165) is 19.3 Å². The van der Waals surface area contributed by atoms with Crippen molar-refractivity contribution in [1.29, 1.82) is 0 Å². The highest BCUT2D eigenvalue weighted by Gasteiger charge is 2.35. The van der Waals surface area contributed by atoms with Crippen LogP contribution in [0.25, 0.3) is 0 Å². The maximum absolute atomic E-state index is 12.3. The SMILES string of the molecule is COC1CCN(C(=O)N2CCCC2CC(=O)O)C1. The third-order valence-electron chi connectivity index (χ3n) is 3.78. The normalized spacial score (nSPS) is 27.8. The molecule has 2 rings (SSSR count). The zero-order valence-electron chi connectivity index (χ0n) is 10.7. The quantitative estimate of drug-likeness (QED) is 0.809. The van der Waals surface area contributed by atoms with E-state index >= 15 is 0 Å². The molecule has 0 aromatic carbocycles. The van der Waals surface area contributed by atoms with E-state index in [1.807, 2.05) is 0 Å². The van der Waals surface area contributed by atoms with E-state index in [4.69, 9.17) is 9.84 Å². The first-order valence-corrected chi connectivity index (χ1v) is 6.42. The number of carboxylic acids is 1. The van der Waals surface area contributed by atoms with Crippen LogP contribution in [0, 0.1) is 0 Å². The van der Waals surface area contributed by atoms with Crippen LogP contribution < -0.4 is 0 Å². The van der Waals surface area contributed by atoms with Gasteiger partial charge in [-0.1, -0.05) is 0 Å². The van der Waals surface area contributed by atoms with Gasteiger partial charge in [-0.05, 0) is 19.3 Å². The van der Waals surface area contributed by atoms with Gasteiger partial charge in [0.1, 0.15) is 0 Å². The molecule has 2 amide bonds. The Morgan fingerprint density at radius 2 is 2.11 bits per heavy atom. The summed E-state index contributed by atoms with van der Waals surface area (Å²) < 4.78 is 5.24. The third-order valence-corrected chi connectivity index (χ3v) is 3.78. The van der Waals surface area contributed by atoms with Crippen LogP contribution in [-0.4, -0.2) is 65.8 Å². The number of hydrogen-bond donors (Lipinski definition) is 1. The van der Waals surface area contributed by atoms with Crippen LogP contribution in [-0.2, 0) is 9.53 Å². The maximum atomic E-state index is 12.3. The van der Waals surface area contributed by atoms with Crippen molar-refractivity contribution in [3.05, 3.63) is 0 Å². The highest BCUT2D eigenvalue weighted by molar-refractivity contribution is 5.77. The van der Waals surface area contributed by atoms with E-state index in [9.17, 15) is 9.59 Å². The summed E-state index contributed by atoms with van der Waals surface area (Å²) >= 11 is 0. The van der Waals surface area contributed by atoms with Crippen molar-refractivity contribution in [2.75, 3.05) is 26.7 Å². The highest BCUT2D eigenvalue weighted by atomic mass is 16.5. The fourth-order valence-electron chi connectivity index (χ4n) is 2.78. The Kier molecular flexibility index (Phi) is 4.06. The first kappa shape index (κ1) is 13.1. The second-order valence-corrected chi connectivity index (χ2v) is 4.96. The molecule has 2 fully saturated rings. The minimum Gasteiger partial charge on any atom is -0.481 e. The Labute approximate surface area is 106 Å². The number of hydrogen-bond acceptors (Lipinski definition) is 3. The average molecular weight is 256 g/mol. The molecule has 0 aromatic heterocycles. The third kappa shape index (κ3) is 2.75. The first-order chi connectivity index (χ1) is 8.61. The number of carboxylic acid groups (broad SMARTS) is 1. The second kappa shape index (κ2) is 5.56. The second-order valence-electron chi connectivity index (χ2n) is 4.96. The van der Waals surface area contributed by atoms with E-state index in [-0.39, 0.29) is 24.6 Å². The molecule has 0 radical (unpaired) electrons. The van der Waals surface area contributed by atoms with Crippen LogP contribution in [0.2, 0.25) is 0 Å². The predicted molar refractivity (Wildman–Crippen MR) is 64.4 cm³/mol. The topological polar surface area (TPSA) is 70.1 Å².